The molecule has 0 aliphatic carbocycles. The molecular formula is C14H9Cl3N2O. The lowest BCUT2D eigenvalue weighted by molar-refractivity contribution is -0.111. The lowest BCUT2D eigenvalue weighted by Crippen LogP contribution is -2.07. The summed E-state index contributed by atoms with van der Waals surface area (Å²) in [6.07, 6.45) is 4.50. The van der Waals surface area contributed by atoms with Crippen LogP contribution in [0.2, 0.25) is 15.2 Å². The van der Waals surface area contributed by atoms with Crippen molar-refractivity contribution in [2.75, 3.05) is 5.32 Å². The third-order valence-corrected chi connectivity index (χ3v) is 3.14. The molecule has 0 fully saturated rings. The Labute approximate surface area is 131 Å². The molecule has 2 rings (SSSR count). The zero-order valence-corrected chi connectivity index (χ0v) is 12.4. The van der Waals surface area contributed by atoms with E-state index in [0.29, 0.717) is 26.4 Å². The summed E-state index contributed by atoms with van der Waals surface area (Å²) in [7, 11) is 0. The third kappa shape index (κ3) is 4.23. The van der Waals surface area contributed by atoms with Crippen LogP contribution in [0.5, 0.6) is 0 Å². The SMILES string of the molecule is O=C(/C=C/c1ccc(Cl)cc1Cl)Nc1ccnc(Cl)c1. The predicted molar refractivity (Wildman–Crippen MR) is 83.4 cm³/mol. The van der Waals surface area contributed by atoms with Crippen molar-refractivity contribution < 1.29 is 4.79 Å². The van der Waals surface area contributed by atoms with Crippen LogP contribution < -0.4 is 5.32 Å². The van der Waals surface area contributed by atoms with Gasteiger partial charge in [-0.05, 0) is 35.9 Å². The molecule has 0 atom stereocenters. The fourth-order valence-corrected chi connectivity index (χ4v) is 2.11. The molecule has 0 bridgehead atoms. The van der Waals surface area contributed by atoms with Crippen LogP contribution in [0.1, 0.15) is 5.56 Å². The summed E-state index contributed by atoms with van der Waals surface area (Å²) in [5, 5.41) is 4.00. The third-order valence-electron chi connectivity index (χ3n) is 2.37. The molecule has 102 valence electrons. The number of pyridine rings is 1. The Balaban J connectivity index is 2.06. The first-order valence-corrected chi connectivity index (χ1v) is 6.73. The van der Waals surface area contributed by atoms with Gasteiger partial charge < -0.3 is 5.32 Å². The van der Waals surface area contributed by atoms with Crippen molar-refractivity contribution in [2.24, 2.45) is 0 Å². The fourth-order valence-electron chi connectivity index (χ4n) is 1.47. The highest BCUT2D eigenvalue weighted by Gasteiger charge is 2.01. The minimum Gasteiger partial charge on any atom is -0.322 e. The highest BCUT2D eigenvalue weighted by Crippen LogP contribution is 2.22. The maximum Gasteiger partial charge on any atom is 0.248 e. The fraction of sp³-hybridized carbons (Fsp3) is 0. The van der Waals surface area contributed by atoms with Crippen molar-refractivity contribution in [3.8, 4) is 0 Å². The molecule has 1 heterocycles. The van der Waals surface area contributed by atoms with Crippen molar-refractivity contribution in [2.45, 2.75) is 0 Å². The summed E-state index contributed by atoms with van der Waals surface area (Å²) in [5.74, 6) is -0.293. The summed E-state index contributed by atoms with van der Waals surface area (Å²) >= 11 is 17.5. The highest BCUT2D eigenvalue weighted by atomic mass is 35.5. The van der Waals surface area contributed by atoms with Crippen molar-refractivity contribution in [3.63, 3.8) is 0 Å². The quantitative estimate of drug-likeness (QED) is 0.656. The van der Waals surface area contributed by atoms with E-state index in [9.17, 15) is 4.79 Å². The summed E-state index contributed by atoms with van der Waals surface area (Å²) in [6.45, 7) is 0. The Morgan fingerprint density at radius 2 is 1.95 bits per heavy atom. The standard InChI is InChI=1S/C14H9Cl3N2O/c15-10-3-1-9(12(16)7-10)2-4-14(20)19-11-5-6-18-13(17)8-11/h1-8H,(H,18,19,20)/b4-2+. The highest BCUT2D eigenvalue weighted by molar-refractivity contribution is 6.35. The van der Waals surface area contributed by atoms with Gasteiger partial charge in [0.15, 0.2) is 0 Å². The minimum absolute atomic E-state index is 0.293. The number of amides is 1. The maximum absolute atomic E-state index is 11.7. The average Bonchev–Trinajstić information content (AvgIpc) is 2.37. The Morgan fingerprint density at radius 3 is 2.65 bits per heavy atom. The van der Waals surface area contributed by atoms with Gasteiger partial charge in [0.05, 0.1) is 0 Å². The number of rotatable bonds is 3. The number of carbonyl (C=O) groups is 1. The van der Waals surface area contributed by atoms with Gasteiger partial charge in [0, 0.05) is 28.0 Å². The second kappa shape index (κ2) is 6.75. The van der Waals surface area contributed by atoms with E-state index in [1.165, 1.54) is 12.3 Å². The first kappa shape index (κ1) is 14.9. The number of anilines is 1. The van der Waals surface area contributed by atoms with Crippen LogP contribution in [0.15, 0.2) is 42.6 Å². The molecule has 1 N–H and O–H groups in total. The van der Waals surface area contributed by atoms with Gasteiger partial charge in [0.1, 0.15) is 5.15 Å². The lowest BCUT2D eigenvalue weighted by atomic mass is 10.2. The number of halogens is 3. The number of benzene rings is 1. The van der Waals surface area contributed by atoms with E-state index in [0.717, 1.165) is 0 Å². The van der Waals surface area contributed by atoms with E-state index < -0.39 is 0 Å². The normalized spacial score (nSPS) is 10.8. The lowest BCUT2D eigenvalue weighted by Gasteiger charge is -2.02. The molecule has 20 heavy (non-hydrogen) atoms. The molecule has 6 heteroatoms. The van der Waals surface area contributed by atoms with E-state index in [1.807, 2.05) is 0 Å². The van der Waals surface area contributed by atoms with Gasteiger partial charge in [0.2, 0.25) is 5.91 Å². The van der Waals surface area contributed by atoms with Gasteiger partial charge in [0.25, 0.3) is 0 Å². The van der Waals surface area contributed by atoms with Crippen LogP contribution in [-0.4, -0.2) is 10.9 Å². The number of hydrogen-bond donors (Lipinski definition) is 1. The maximum atomic E-state index is 11.7. The molecule has 0 radical (unpaired) electrons. The van der Waals surface area contributed by atoms with Crippen molar-refractivity contribution in [3.05, 3.63) is 63.4 Å². The largest absolute Gasteiger partial charge is 0.322 e. The van der Waals surface area contributed by atoms with Crippen LogP contribution in [0, 0.1) is 0 Å². The zero-order chi connectivity index (χ0) is 14.5. The van der Waals surface area contributed by atoms with Gasteiger partial charge in [-0.3, -0.25) is 4.79 Å². The first-order chi connectivity index (χ1) is 9.54. The predicted octanol–water partition coefficient (Wildman–Crippen LogP) is 4.69. The van der Waals surface area contributed by atoms with Crippen LogP contribution in [0.3, 0.4) is 0 Å². The molecule has 0 spiro atoms. The summed E-state index contributed by atoms with van der Waals surface area (Å²) in [4.78, 5) is 15.6. The minimum atomic E-state index is -0.293. The smallest absolute Gasteiger partial charge is 0.248 e. The zero-order valence-electron chi connectivity index (χ0n) is 10.1. The van der Waals surface area contributed by atoms with Crippen LogP contribution in [-0.2, 0) is 4.79 Å². The molecule has 3 nitrogen and oxygen atoms in total. The summed E-state index contributed by atoms with van der Waals surface area (Å²) < 4.78 is 0. The number of nitrogens with one attached hydrogen (secondary N) is 1. The molecule has 2 aromatic rings. The molecule has 0 aliphatic rings. The van der Waals surface area contributed by atoms with Gasteiger partial charge >= 0.3 is 0 Å². The molecule has 1 aromatic heterocycles. The van der Waals surface area contributed by atoms with Crippen LogP contribution >= 0.6 is 34.8 Å². The second-order valence-electron chi connectivity index (χ2n) is 3.86. The molecule has 0 unspecified atom stereocenters. The van der Waals surface area contributed by atoms with Gasteiger partial charge in [-0.1, -0.05) is 40.9 Å². The van der Waals surface area contributed by atoms with E-state index in [1.54, 1.807) is 36.4 Å². The molecule has 0 aliphatic heterocycles. The monoisotopic (exact) mass is 326 g/mol. The number of nitrogens with zero attached hydrogens (tertiary/aromatic N) is 1. The molecular weight excluding hydrogens is 319 g/mol. The Kier molecular flexibility index (Phi) is 5.01. The van der Waals surface area contributed by atoms with E-state index in [-0.39, 0.29) is 5.91 Å². The van der Waals surface area contributed by atoms with Crippen LogP contribution in [0.25, 0.3) is 6.08 Å². The first-order valence-electron chi connectivity index (χ1n) is 5.60. The number of aromatic nitrogens is 1. The molecule has 0 saturated carbocycles. The Morgan fingerprint density at radius 1 is 1.15 bits per heavy atom. The molecule has 1 aromatic carbocycles. The van der Waals surface area contributed by atoms with E-state index in [2.05, 4.69) is 10.3 Å². The second-order valence-corrected chi connectivity index (χ2v) is 5.09. The van der Waals surface area contributed by atoms with Gasteiger partial charge in [-0.2, -0.15) is 0 Å². The summed E-state index contributed by atoms with van der Waals surface area (Å²) in [6, 6.07) is 8.25. The Bertz CT molecular complexity index is 671. The van der Waals surface area contributed by atoms with Crippen molar-refractivity contribution >= 4 is 52.5 Å². The number of hydrogen-bond acceptors (Lipinski definition) is 2. The average molecular weight is 328 g/mol. The van der Waals surface area contributed by atoms with E-state index >= 15 is 0 Å². The molecule has 1 amide bonds. The van der Waals surface area contributed by atoms with Crippen LogP contribution in [0.4, 0.5) is 5.69 Å². The Hall–Kier alpha value is -1.55. The number of carbonyl (C=O) groups excluding carboxylic acids is 1. The van der Waals surface area contributed by atoms with Gasteiger partial charge in [-0.25, -0.2) is 4.98 Å². The van der Waals surface area contributed by atoms with Gasteiger partial charge in [-0.15, -0.1) is 0 Å². The molecule has 0 saturated heterocycles. The summed E-state index contributed by atoms with van der Waals surface area (Å²) in [5.41, 5.74) is 1.28. The van der Waals surface area contributed by atoms with E-state index in [4.69, 9.17) is 34.8 Å². The topological polar surface area (TPSA) is 42.0 Å². The van der Waals surface area contributed by atoms with Crippen molar-refractivity contribution in [1.29, 1.82) is 0 Å². The van der Waals surface area contributed by atoms with Crippen molar-refractivity contribution in [1.82, 2.24) is 4.98 Å².